The monoisotopic (exact) mass is 480 g/mol. The minimum Gasteiger partial charge on any atom is -0.351 e. The van der Waals surface area contributed by atoms with Gasteiger partial charge in [-0.05, 0) is 63.0 Å². The van der Waals surface area contributed by atoms with Crippen LogP contribution in [0.15, 0.2) is 30.3 Å². The first kappa shape index (κ1) is 24.1. The summed E-state index contributed by atoms with van der Waals surface area (Å²) < 4.78 is 0. The second kappa shape index (κ2) is 11.0. The Morgan fingerprint density at radius 1 is 0.743 bits per heavy atom. The largest absolute Gasteiger partial charge is 0.351 e. The van der Waals surface area contributed by atoms with Gasteiger partial charge in [0.05, 0.1) is 0 Å². The molecule has 2 heterocycles. The van der Waals surface area contributed by atoms with Crippen LogP contribution in [0, 0.1) is 5.92 Å². The fraction of sp³-hybridized carbons (Fsp3) is 0.679. The highest BCUT2D eigenvalue weighted by Gasteiger charge is 2.47. The van der Waals surface area contributed by atoms with E-state index < -0.39 is 6.04 Å². The lowest BCUT2D eigenvalue weighted by molar-refractivity contribution is -0.126. The number of carbonyl (C=O) groups is 3. The van der Waals surface area contributed by atoms with Crippen molar-refractivity contribution >= 4 is 17.8 Å². The van der Waals surface area contributed by atoms with Crippen LogP contribution in [-0.4, -0.2) is 64.9 Å². The standard InChI is InChI=1S/C28H40N4O3/c33-26(29-23-15-17-31(18-16-23)28(35)30-22-12-5-2-6-13-22)25-19-21-11-7-8-14-24(21)32(25)27(34)20-9-3-1-4-10-20/h1,3-4,9-10,21-25H,2,5-8,11-19H2,(H,29,33)(H,30,35). The third-order valence-electron chi connectivity index (χ3n) is 8.71. The van der Waals surface area contributed by atoms with Crippen molar-refractivity contribution in [3.8, 4) is 0 Å². The zero-order valence-electron chi connectivity index (χ0n) is 20.8. The minimum absolute atomic E-state index is 0.0191. The molecule has 3 atom stereocenters. The SMILES string of the molecule is O=C(NC1CCN(C(=O)NC2CCCCC2)CC1)C1CC2CCCCC2N1C(=O)c1ccccc1. The number of likely N-dealkylation sites (tertiary alicyclic amines) is 2. The van der Waals surface area contributed by atoms with E-state index in [1.165, 1.54) is 25.7 Å². The van der Waals surface area contributed by atoms with Gasteiger partial charge in [-0.2, -0.15) is 0 Å². The third kappa shape index (κ3) is 5.49. The Balaban J connectivity index is 1.18. The fourth-order valence-corrected chi connectivity index (χ4v) is 6.75. The van der Waals surface area contributed by atoms with Crippen molar-refractivity contribution in [2.75, 3.05) is 13.1 Å². The predicted octanol–water partition coefficient (Wildman–Crippen LogP) is 4.08. The Labute approximate surface area is 209 Å². The summed E-state index contributed by atoms with van der Waals surface area (Å²) in [6, 6.07) is 9.55. The summed E-state index contributed by atoms with van der Waals surface area (Å²) in [5.41, 5.74) is 0.661. The molecule has 5 rings (SSSR count). The molecule has 4 fully saturated rings. The lowest BCUT2D eigenvalue weighted by atomic mass is 9.84. The summed E-state index contributed by atoms with van der Waals surface area (Å²) in [5.74, 6) is 0.376. The van der Waals surface area contributed by atoms with Crippen LogP contribution in [0.25, 0.3) is 0 Å². The summed E-state index contributed by atoms with van der Waals surface area (Å²) >= 11 is 0. The molecular formula is C28H40N4O3. The second-order valence-corrected chi connectivity index (χ2v) is 11.0. The van der Waals surface area contributed by atoms with Crippen molar-refractivity contribution in [1.82, 2.24) is 20.4 Å². The van der Waals surface area contributed by atoms with E-state index in [0.29, 0.717) is 30.6 Å². The molecule has 0 aromatic heterocycles. The van der Waals surface area contributed by atoms with Gasteiger partial charge in [0.2, 0.25) is 5.91 Å². The molecule has 2 saturated carbocycles. The molecule has 7 heteroatoms. The third-order valence-corrected chi connectivity index (χ3v) is 8.71. The van der Waals surface area contributed by atoms with Gasteiger partial charge < -0.3 is 20.4 Å². The summed E-state index contributed by atoms with van der Waals surface area (Å²) in [5, 5.41) is 6.46. The van der Waals surface area contributed by atoms with Gasteiger partial charge in [-0.3, -0.25) is 9.59 Å². The first-order valence-corrected chi connectivity index (χ1v) is 13.8. The molecule has 4 aliphatic rings. The van der Waals surface area contributed by atoms with E-state index in [0.717, 1.165) is 51.4 Å². The maximum atomic E-state index is 13.5. The number of piperidine rings is 1. The average molecular weight is 481 g/mol. The highest BCUT2D eigenvalue weighted by Crippen LogP contribution is 2.40. The van der Waals surface area contributed by atoms with Crippen molar-refractivity contribution in [2.45, 2.75) is 101 Å². The van der Waals surface area contributed by atoms with E-state index in [-0.39, 0.29) is 29.9 Å². The summed E-state index contributed by atoms with van der Waals surface area (Å²) in [6.07, 6.45) is 12.5. The van der Waals surface area contributed by atoms with E-state index in [1.54, 1.807) is 0 Å². The quantitative estimate of drug-likeness (QED) is 0.681. The zero-order chi connectivity index (χ0) is 24.2. The molecule has 35 heavy (non-hydrogen) atoms. The van der Waals surface area contributed by atoms with E-state index in [4.69, 9.17) is 0 Å². The maximum absolute atomic E-state index is 13.5. The number of carbonyl (C=O) groups excluding carboxylic acids is 3. The first-order valence-electron chi connectivity index (χ1n) is 13.8. The molecule has 2 saturated heterocycles. The molecule has 1 aromatic rings. The van der Waals surface area contributed by atoms with Crippen LogP contribution >= 0.6 is 0 Å². The summed E-state index contributed by atoms with van der Waals surface area (Å²) in [4.78, 5) is 43.5. The van der Waals surface area contributed by atoms with Gasteiger partial charge in [0.1, 0.15) is 6.04 Å². The van der Waals surface area contributed by atoms with Crippen LogP contribution in [0.2, 0.25) is 0 Å². The molecule has 2 aliphatic heterocycles. The molecule has 7 nitrogen and oxygen atoms in total. The zero-order valence-corrected chi connectivity index (χ0v) is 20.8. The summed E-state index contributed by atoms with van der Waals surface area (Å²) in [7, 11) is 0. The molecule has 2 N–H and O–H groups in total. The molecule has 0 bridgehead atoms. The van der Waals surface area contributed by atoms with Crippen LogP contribution in [0.3, 0.4) is 0 Å². The lowest BCUT2D eigenvalue weighted by Gasteiger charge is -2.36. The number of amides is 4. The molecule has 0 radical (unpaired) electrons. The van der Waals surface area contributed by atoms with Crippen molar-refractivity contribution in [3.05, 3.63) is 35.9 Å². The van der Waals surface area contributed by atoms with Crippen LogP contribution in [0.5, 0.6) is 0 Å². The van der Waals surface area contributed by atoms with Crippen LogP contribution in [-0.2, 0) is 4.79 Å². The Morgan fingerprint density at radius 2 is 1.40 bits per heavy atom. The smallest absolute Gasteiger partial charge is 0.317 e. The van der Waals surface area contributed by atoms with Gasteiger partial charge >= 0.3 is 6.03 Å². The van der Waals surface area contributed by atoms with Crippen molar-refractivity contribution in [3.63, 3.8) is 0 Å². The Kier molecular flexibility index (Phi) is 7.59. The van der Waals surface area contributed by atoms with Gasteiger partial charge in [-0.15, -0.1) is 0 Å². The fourth-order valence-electron chi connectivity index (χ4n) is 6.75. The molecule has 3 unspecified atom stereocenters. The van der Waals surface area contributed by atoms with Crippen molar-refractivity contribution in [1.29, 1.82) is 0 Å². The number of urea groups is 1. The number of fused-ring (bicyclic) bond motifs is 1. The molecule has 1 aromatic carbocycles. The summed E-state index contributed by atoms with van der Waals surface area (Å²) in [6.45, 7) is 1.32. The molecule has 2 aliphatic carbocycles. The van der Waals surface area contributed by atoms with Gasteiger partial charge in [-0.25, -0.2) is 4.79 Å². The highest BCUT2D eigenvalue weighted by atomic mass is 16.2. The normalized spacial score (nSPS) is 27.8. The Hall–Kier alpha value is -2.57. The van der Waals surface area contributed by atoms with Crippen LogP contribution in [0.1, 0.15) is 87.4 Å². The Morgan fingerprint density at radius 3 is 2.14 bits per heavy atom. The van der Waals surface area contributed by atoms with Crippen LogP contribution < -0.4 is 10.6 Å². The lowest BCUT2D eigenvalue weighted by Crippen LogP contribution is -2.54. The van der Waals surface area contributed by atoms with Gasteiger partial charge in [0.25, 0.3) is 5.91 Å². The van der Waals surface area contributed by atoms with E-state index >= 15 is 0 Å². The number of nitrogens with zero attached hydrogens (tertiary/aromatic N) is 2. The number of hydrogen-bond donors (Lipinski definition) is 2. The minimum atomic E-state index is -0.400. The predicted molar refractivity (Wildman–Crippen MR) is 135 cm³/mol. The van der Waals surface area contributed by atoms with Crippen molar-refractivity contribution in [2.24, 2.45) is 5.92 Å². The van der Waals surface area contributed by atoms with Gasteiger partial charge in [-0.1, -0.05) is 50.3 Å². The molecule has 190 valence electrons. The molecule has 0 spiro atoms. The van der Waals surface area contributed by atoms with Crippen LogP contribution in [0.4, 0.5) is 4.79 Å². The van der Waals surface area contributed by atoms with Crippen molar-refractivity contribution < 1.29 is 14.4 Å². The number of rotatable bonds is 4. The number of benzene rings is 1. The van der Waals surface area contributed by atoms with E-state index in [9.17, 15) is 14.4 Å². The maximum Gasteiger partial charge on any atom is 0.317 e. The number of nitrogens with one attached hydrogen (secondary N) is 2. The number of hydrogen-bond acceptors (Lipinski definition) is 3. The van der Waals surface area contributed by atoms with Gasteiger partial charge in [0.15, 0.2) is 0 Å². The Bertz CT molecular complexity index is 893. The van der Waals surface area contributed by atoms with E-state index in [1.807, 2.05) is 40.1 Å². The molecule has 4 amide bonds. The highest BCUT2D eigenvalue weighted by molar-refractivity contribution is 5.98. The first-order chi connectivity index (χ1) is 17.1. The van der Waals surface area contributed by atoms with Gasteiger partial charge in [0, 0.05) is 36.8 Å². The second-order valence-electron chi connectivity index (χ2n) is 11.0. The topological polar surface area (TPSA) is 81.8 Å². The molecular weight excluding hydrogens is 440 g/mol. The average Bonchev–Trinajstić information content (AvgIpc) is 3.29. The van der Waals surface area contributed by atoms with E-state index in [2.05, 4.69) is 10.6 Å².